The summed E-state index contributed by atoms with van der Waals surface area (Å²) >= 11 is 0. The molecule has 0 radical (unpaired) electrons. The van der Waals surface area contributed by atoms with Gasteiger partial charge in [-0.2, -0.15) is 0 Å². The summed E-state index contributed by atoms with van der Waals surface area (Å²) < 4.78 is 5.38. The molecule has 2 heterocycles. The van der Waals surface area contributed by atoms with Gasteiger partial charge in [0, 0.05) is 25.9 Å². The van der Waals surface area contributed by atoms with Crippen LogP contribution in [0.3, 0.4) is 0 Å². The number of hydrogen-bond donors (Lipinski definition) is 4. The SMILES string of the molecule is Cc1cc(O)ccc1C[C@H](NC(=O)CCCC1CCNCC1)C(=O)N1CCC(OCC(=O)O)CC1. The maximum Gasteiger partial charge on any atom is 0.329 e. The van der Waals surface area contributed by atoms with Crippen molar-refractivity contribution in [3.8, 4) is 5.75 Å². The number of nitrogens with one attached hydrogen (secondary N) is 2. The van der Waals surface area contributed by atoms with Crippen molar-refractivity contribution in [3.05, 3.63) is 29.3 Å². The van der Waals surface area contributed by atoms with Gasteiger partial charge in [-0.15, -0.1) is 0 Å². The Morgan fingerprint density at radius 1 is 1.17 bits per heavy atom. The molecule has 2 aliphatic heterocycles. The van der Waals surface area contributed by atoms with Gasteiger partial charge in [-0.3, -0.25) is 9.59 Å². The van der Waals surface area contributed by atoms with Crippen LogP contribution in [-0.2, 0) is 25.5 Å². The minimum Gasteiger partial charge on any atom is -0.508 e. The maximum atomic E-state index is 13.4. The van der Waals surface area contributed by atoms with E-state index in [4.69, 9.17) is 9.84 Å². The molecule has 4 N–H and O–H groups in total. The number of aliphatic carboxylic acids is 1. The Kier molecular flexibility index (Phi) is 10.3. The third-order valence-corrected chi connectivity index (χ3v) is 7.05. The van der Waals surface area contributed by atoms with Crippen LogP contribution in [0, 0.1) is 12.8 Å². The number of nitrogens with zero attached hydrogens (tertiary/aromatic N) is 1. The van der Waals surface area contributed by atoms with E-state index in [2.05, 4.69) is 10.6 Å². The zero-order valence-electron chi connectivity index (χ0n) is 20.6. The molecule has 0 saturated carbocycles. The molecular weight excluding hydrogens is 450 g/mol. The third kappa shape index (κ3) is 8.81. The van der Waals surface area contributed by atoms with Crippen LogP contribution in [0.1, 0.15) is 56.1 Å². The molecule has 1 aromatic rings. The van der Waals surface area contributed by atoms with Gasteiger partial charge >= 0.3 is 5.97 Å². The normalized spacial score (nSPS) is 18.3. The summed E-state index contributed by atoms with van der Waals surface area (Å²) in [5, 5.41) is 24.9. The fourth-order valence-electron chi connectivity index (χ4n) is 4.97. The first-order chi connectivity index (χ1) is 16.8. The Balaban J connectivity index is 1.58. The van der Waals surface area contributed by atoms with Crippen LogP contribution >= 0.6 is 0 Å². The number of carbonyl (C=O) groups is 3. The van der Waals surface area contributed by atoms with Crippen molar-refractivity contribution in [2.45, 2.75) is 70.4 Å². The second-order valence-corrected chi connectivity index (χ2v) is 9.75. The van der Waals surface area contributed by atoms with Crippen LogP contribution in [-0.4, -0.2) is 77.8 Å². The molecule has 0 bridgehead atoms. The average molecular weight is 490 g/mol. The zero-order chi connectivity index (χ0) is 25.2. The summed E-state index contributed by atoms with van der Waals surface area (Å²) in [4.78, 5) is 38.7. The van der Waals surface area contributed by atoms with E-state index < -0.39 is 12.0 Å². The van der Waals surface area contributed by atoms with Gasteiger partial charge in [0.15, 0.2) is 0 Å². The topological polar surface area (TPSA) is 128 Å². The number of hydrogen-bond acceptors (Lipinski definition) is 6. The number of benzene rings is 1. The number of phenols is 1. The predicted octanol–water partition coefficient (Wildman–Crippen LogP) is 1.99. The molecule has 2 amide bonds. The third-order valence-electron chi connectivity index (χ3n) is 7.05. The monoisotopic (exact) mass is 489 g/mol. The standard InChI is InChI=1S/C26H39N3O6/c1-18-15-21(30)6-5-20(18)16-23(28-24(31)4-2-3-19-7-11-27-12-8-19)26(34)29-13-9-22(10-14-29)35-17-25(32)33/h5-6,15,19,22-23,27,30H,2-4,7-14,16-17H2,1H3,(H,28,31)(H,32,33)/t23-/m0/s1. The molecule has 1 aromatic carbocycles. The van der Waals surface area contributed by atoms with Gasteiger partial charge in [0.05, 0.1) is 6.10 Å². The van der Waals surface area contributed by atoms with E-state index in [0.717, 1.165) is 49.9 Å². The second kappa shape index (κ2) is 13.4. The number of carbonyl (C=O) groups excluding carboxylic acids is 2. The van der Waals surface area contributed by atoms with Gasteiger partial charge in [0.1, 0.15) is 18.4 Å². The highest BCUT2D eigenvalue weighted by molar-refractivity contribution is 5.88. The lowest BCUT2D eigenvalue weighted by Crippen LogP contribution is -2.52. The maximum absolute atomic E-state index is 13.4. The fraction of sp³-hybridized carbons (Fsp3) is 0.654. The van der Waals surface area contributed by atoms with Gasteiger partial charge in [0.2, 0.25) is 11.8 Å². The first kappa shape index (κ1) is 26.9. The largest absolute Gasteiger partial charge is 0.508 e. The molecule has 0 spiro atoms. The molecule has 35 heavy (non-hydrogen) atoms. The van der Waals surface area contributed by atoms with E-state index >= 15 is 0 Å². The highest BCUT2D eigenvalue weighted by Crippen LogP contribution is 2.21. The van der Waals surface area contributed by atoms with E-state index in [1.165, 1.54) is 0 Å². The van der Waals surface area contributed by atoms with Crippen LogP contribution in [0.4, 0.5) is 0 Å². The van der Waals surface area contributed by atoms with Gasteiger partial charge < -0.3 is 30.5 Å². The summed E-state index contributed by atoms with van der Waals surface area (Å²) in [7, 11) is 0. The van der Waals surface area contributed by atoms with Gasteiger partial charge in [-0.1, -0.05) is 6.07 Å². The number of likely N-dealkylation sites (tertiary alicyclic amines) is 1. The lowest BCUT2D eigenvalue weighted by atomic mass is 9.92. The molecule has 0 unspecified atom stereocenters. The summed E-state index contributed by atoms with van der Waals surface area (Å²) in [6.45, 7) is 4.53. The quantitative estimate of drug-likeness (QED) is 0.374. The van der Waals surface area contributed by atoms with Gasteiger partial charge in [-0.05, 0) is 87.7 Å². The highest BCUT2D eigenvalue weighted by atomic mass is 16.5. The number of aryl methyl sites for hydroxylation is 1. The van der Waals surface area contributed by atoms with Crippen LogP contribution < -0.4 is 10.6 Å². The molecule has 9 heteroatoms. The molecule has 9 nitrogen and oxygen atoms in total. The lowest BCUT2D eigenvalue weighted by Gasteiger charge is -2.34. The number of carboxylic acids is 1. The minimum atomic E-state index is -1.00. The first-order valence-electron chi connectivity index (χ1n) is 12.7. The van der Waals surface area contributed by atoms with Gasteiger partial charge in [0.25, 0.3) is 0 Å². The van der Waals surface area contributed by atoms with E-state index in [1.807, 2.05) is 6.92 Å². The van der Waals surface area contributed by atoms with Crippen molar-refractivity contribution in [2.75, 3.05) is 32.8 Å². The lowest BCUT2D eigenvalue weighted by molar-refractivity contribution is -0.147. The van der Waals surface area contributed by atoms with E-state index in [1.54, 1.807) is 23.1 Å². The fourth-order valence-corrected chi connectivity index (χ4v) is 4.97. The Bertz CT molecular complexity index is 863. The smallest absolute Gasteiger partial charge is 0.329 e. The molecule has 3 rings (SSSR count). The van der Waals surface area contributed by atoms with Crippen molar-refractivity contribution in [1.29, 1.82) is 0 Å². The number of aromatic hydroxyl groups is 1. The summed E-state index contributed by atoms with van der Waals surface area (Å²) in [6.07, 6.45) is 5.81. The van der Waals surface area contributed by atoms with Crippen molar-refractivity contribution >= 4 is 17.8 Å². The molecule has 1 atom stereocenters. The van der Waals surface area contributed by atoms with Crippen molar-refractivity contribution in [2.24, 2.45) is 5.92 Å². The summed E-state index contributed by atoms with van der Waals surface area (Å²) in [6, 6.07) is 4.35. The molecule has 2 aliphatic rings. The Morgan fingerprint density at radius 3 is 2.54 bits per heavy atom. The van der Waals surface area contributed by atoms with E-state index in [-0.39, 0.29) is 30.3 Å². The molecule has 194 valence electrons. The summed E-state index contributed by atoms with van der Waals surface area (Å²) in [5.74, 6) is -0.435. The van der Waals surface area contributed by atoms with Crippen LogP contribution in [0.25, 0.3) is 0 Å². The number of phenolic OH excluding ortho intramolecular Hbond substituents is 1. The molecule has 2 fully saturated rings. The Labute approximate surface area is 207 Å². The number of ether oxygens (including phenoxy) is 1. The summed E-state index contributed by atoms with van der Waals surface area (Å²) in [5.41, 5.74) is 1.76. The molecule has 2 saturated heterocycles. The second-order valence-electron chi connectivity index (χ2n) is 9.75. The molecule has 0 aliphatic carbocycles. The number of carboxylic acid groups (broad SMARTS) is 1. The van der Waals surface area contributed by atoms with Crippen molar-refractivity contribution < 1.29 is 29.3 Å². The number of piperidine rings is 2. The van der Waals surface area contributed by atoms with Crippen molar-refractivity contribution in [3.63, 3.8) is 0 Å². The minimum absolute atomic E-state index is 0.117. The first-order valence-corrected chi connectivity index (χ1v) is 12.7. The zero-order valence-corrected chi connectivity index (χ0v) is 20.6. The molecule has 0 aromatic heterocycles. The number of rotatable bonds is 11. The van der Waals surface area contributed by atoms with E-state index in [9.17, 15) is 19.5 Å². The molecular formula is C26H39N3O6. The Morgan fingerprint density at radius 2 is 1.89 bits per heavy atom. The van der Waals surface area contributed by atoms with Crippen LogP contribution in [0.5, 0.6) is 5.75 Å². The average Bonchev–Trinajstić information content (AvgIpc) is 2.84. The van der Waals surface area contributed by atoms with Gasteiger partial charge in [-0.25, -0.2) is 4.79 Å². The Hall–Kier alpha value is -2.65. The van der Waals surface area contributed by atoms with Crippen molar-refractivity contribution in [1.82, 2.24) is 15.5 Å². The number of amides is 2. The van der Waals surface area contributed by atoms with Crippen LogP contribution in [0.2, 0.25) is 0 Å². The predicted molar refractivity (Wildman–Crippen MR) is 131 cm³/mol. The van der Waals surface area contributed by atoms with Crippen LogP contribution in [0.15, 0.2) is 18.2 Å². The van der Waals surface area contributed by atoms with E-state index in [0.29, 0.717) is 44.7 Å². The highest BCUT2D eigenvalue weighted by Gasteiger charge is 2.30.